The van der Waals surface area contributed by atoms with E-state index in [9.17, 15) is 9.90 Å². The highest BCUT2D eigenvalue weighted by Gasteiger charge is 2.30. The molecule has 1 aliphatic heterocycles. The molecule has 146 valence electrons. The van der Waals surface area contributed by atoms with E-state index in [2.05, 4.69) is 33.2 Å². The number of hydrogen-bond donors (Lipinski definition) is 2. The van der Waals surface area contributed by atoms with Crippen molar-refractivity contribution in [3.05, 3.63) is 26.6 Å². The van der Waals surface area contributed by atoms with Crippen molar-refractivity contribution in [1.82, 2.24) is 14.5 Å². The molecule has 2 N–H and O–H groups in total. The van der Waals surface area contributed by atoms with Crippen molar-refractivity contribution >= 4 is 32.9 Å². The standard InChI is InChI=1S/C19H25BrN4O3/c1-10-4-3-5-14(10)24-17-12(11(2)16(20)18(24)26)8-21-19(23-17)22-13-6-7-27-9-15(13)25/h8,10,13-15,25H,3-7,9H2,1-2H3,(H,21,22,23)/t10-,13?,14+,15+/m0/s1. The number of aryl methyl sites for hydroxylation is 1. The number of halogens is 1. The summed E-state index contributed by atoms with van der Waals surface area (Å²) in [7, 11) is 0. The molecule has 1 saturated heterocycles. The number of aliphatic hydroxyl groups is 1. The summed E-state index contributed by atoms with van der Waals surface area (Å²) in [6.07, 6.45) is 5.09. The van der Waals surface area contributed by atoms with Gasteiger partial charge in [0.25, 0.3) is 5.56 Å². The molecule has 1 unspecified atom stereocenters. The van der Waals surface area contributed by atoms with Gasteiger partial charge in [-0.15, -0.1) is 0 Å². The number of ether oxygens (including phenoxy) is 1. The first-order chi connectivity index (χ1) is 13.0. The molecule has 27 heavy (non-hydrogen) atoms. The van der Waals surface area contributed by atoms with Crippen molar-refractivity contribution in [2.24, 2.45) is 5.92 Å². The number of nitrogens with zero attached hydrogens (tertiary/aromatic N) is 3. The van der Waals surface area contributed by atoms with Gasteiger partial charge in [-0.2, -0.15) is 4.98 Å². The number of pyridine rings is 1. The molecule has 0 radical (unpaired) electrons. The number of anilines is 1. The van der Waals surface area contributed by atoms with Gasteiger partial charge in [-0.05, 0) is 53.6 Å². The summed E-state index contributed by atoms with van der Waals surface area (Å²) in [6, 6.07) is -0.00774. The summed E-state index contributed by atoms with van der Waals surface area (Å²) in [5, 5.41) is 14.2. The molecule has 4 atom stereocenters. The van der Waals surface area contributed by atoms with Crippen molar-refractivity contribution in [1.29, 1.82) is 0 Å². The fraction of sp³-hybridized carbons (Fsp3) is 0.632. The Hall–Kier alpha value is -1.51. The van der Waals surface area contributed by atoms with E-state index in [-0.39, 0.29) is 17.6 Å². The fourth-order valence-corrected chi connectivity index (χ4v) is 4.65. The van der Waals surface area contributed by atoms with Crippen LogP contribution in [-0.4, -0.2) is 45.0 Å². The Kier molecular flexibility index (Phi) is 5.22. The lowest BCUT2D eigenvalue weighted by Gasteiger charge is -2.28. The third-order valence-corrected chi connectivity index (χ3v) is 6.86. The minimum absolute atomic E-state index is 0.0329. The lowest BCUT2D eigenvalue weighted by Crippen LogP contribution is -2.42. The number of fused-ring (bicyclic) bond motifs is 1. The normalized spacial score (nSPS) is 28.6. The van der Waals surface area contributed by atoms with Gasteiger partial charge in [-0.25, -0.2) is 4.98 Å². The first kappa shape index (κ1) is 18.8. The van der Waals surface area contributed by atoms with Crippen molar-refractivity contribution in [2.45, 2.75) is 57.7 Å². The second-order valence-electron chi connectivity index (χ2n) is 7.70. The summed E-state index contributed by atoms with van der Waals surface area (Å²) in [5.74, 6) is 0.873. The van der Waals surface area contributed by atoms with Crippen LogP contribution in [0, 0.1) is 12.8 Å². The minimum atomic E-state index is -0.596. The van der Waals surface area contributed by atoms with Gasteiger partial charge in [-0.1, -0.05) is 13.3 Å². The fourth-order valence-electron chi connectivity index (χ4n) is 4.25. The molecule has 7 nitrogen and oxygen atoms in total. The van der Waals surface area contributed by atoms with Crippen LogP contribution in [0.1, 0.15) is 44.2 Å². The molecule has 0 bridgehead atoms. The van der Waals surface area contributed by atoms with Gasteiger partial charge < -0.3 is 15.2 Å². The van der Waals surface area contributed by atoms with Gasteiger partial charge in [0.05, 0.1) is 23.2 Å². The molecule has 4 rings (SSSR count). The topological polar surface area (TPSA) is 89.3 Å². The van der Waals surface area contributed by atoms with E-state index in [1.807, 2.05) is 11.5 Å². The van der Waals surface area contributed by atoms with E-state index in [1.165, 1.54) is 0 Å². The molecule has 2 aliphatic rings. The largest absolute Gasteiger partial charge is 0.389 e. The first-order valence-corrected chi connectivity index (χ1v) is 10.4. The van der Waals surface area contributed by atoms with Gasteiger partial charge in [0, 0.05) is 24.2 Å². The van der Waals surface area contributed by atoms with Crippen LogP contribution in [-0.2, 0) is 4.74 Å². The summed E-state index contributed by atoms with van der Waals surface area (Å²) in [5.41, 5.74) is 1.49. The molecule has 0 amide bonds. The highest BCUT2D eigenvalue weighted by atomic mass is 79.9. The third-order valence-electron chi connectivity index (χ3n) is 5.93. The Bertz CT molecular complexity index is 916. The van der Waals surface area contributed by atoms with E-state index in [1.54, 1.807) is 6.20 Å². The van der Waals surface area contributed by atoms with Crippen LogP contribution in [0.2, 0.25) is 0 Å². The van der Waals surface area contributed by atoms with Crippen LogP contribution >= 0.6 is 15.9 Å². The van der Waals surface area contributed by atoms with Crippen molar-refractivity contribution in [2.75, 3.05) is 18.5 Å². The summed E-state index contributed by atoms with van der Waals surface area (Å²) < 4.78 is 7.71. The molecular weight excluding hydrogens is 412 g/mol. The van der Waals surface area contributed by atoms with Gasteiger partial charge in [-0.3, -0.25) is 9.36 Å². The maximum atomic E-state index is 13.1. The molecule has 2 aromatic heterocycles. The minimum Gasteiger partial charge on any atom is -0.389 e. The number of aromatic nitrogens is 3. The zero-order valence-electron chi connectivity index (χ0n) is 15.6. The summed E-state index contributed by atoms with van der Waals surface area (Å²) in [6.45, 7) is 5.01. The monoisotopic (exact) mass is 436 g/mol. The molecule has 0 aromatic carbocycles. The molecule has 8 heteroatoms. The van der Waals surface area contributed by atoms with Crippen LogP contribution in [0.4, 0.5) is 5.95 Å². The predicted molar refractivity (Wildman–Crippen MR) is 107 cm³/mol. The van der Waals surface area contributed by atoms with Crippen molar-refractivity contribution in [3.8, 4) is 0 Å². The van der Waals surface area contributed by atoms with Gasteiger partial charge in [0.2, 0.25) is 5.95 Å². The Morgan fingerprint density at radius 2 is 2.19 bits per heavy atom. The van der Waals surface area contributed by atoms with Crippen LogP contribution in [0.25, 0.3) is 11.0 Å². The van der Waals surface area contributed by atoms with E-state index in [0.717, 1.165) is 30.2 Å². The first-order valence-electron chi connectivity index (χ1n) is 9.57. The van der Waals surface area contributed by atoms with Crippen LogP contribution in [0.5, 0.6) is 0 Å². The lowest BCUT2D eigenvalue weighted by molar-refractivity contribution is -0.0136. The summed E-state index contributed by atoms with van der Waals surface area (Å²) >= 11 is 3.47. The second kappa shape index (κ2) is 7.48. The molecule has 3 heterocycles. The molecule has 0 spiro atoms. The average molecular weight is 437 g/mol. The smallest absolute Gasteiger partial charge is 0.267 e. The van der Waals surface area contributed by atoms with Crippen LogP contribution < -0.4 is 10.9 Å². The van der Waals surface area contributed by atoms with E-state index < -0.39 is 6.10 Å². The highest BCUT2D eigenvalue weighted by Crippen LogP contribution is 2.37. The zero-order valence-corrected chi connectivity index (χ0v) is 17.2. The van der Waals surface area contributed by atoms with Gasteiger partial charge in [0.1, 0.15) is 5.65 Å². The SMILES string of the molecule is Cc1c(Br)c(=O)n([C@@H]2CCC[C@@H]2C)c2nc(NC3CCOC[C@H]3O)ncc12. The Morgan fingerprint density at radius 3 is 2.89 bits per heavy atom. The third kappa shape index (κ3) is 3.39. The molecular formula is C19H25BrN4O3. The van der Waals surface area contributed by atoms with Crippen LogP contribution in [0.15, 0.2) is 15.5 Å². The molecule has 2 fully saturated rings. The lowest BCUT2D eigenvalue weighted by atomic mass is 10.1. The molecule has 1 aliphatic carbocycles. The number of aliphatic hydroxyl groups excluding tert-OH is 1. The number of hydrogen-bond acceptors (Lipinski definition) is 6. The number of nitrogens with one attached hydrogen (secondary N) is 1. The zero-order chi connectivity index (χ0) is 19.1. The van der Waals surface area contributed by atoms with Crippen LogP contribution in [0.3, 0.4) is 0 Å². The van der Waals surface area contributed by atoms with Crippen molar-refractivity contribution in [3.63, 3.8) is 0 Å². The highest BCUT2D eigenvalue weighted by molar-refractivity contribution is 9.10. The Morgan fingerprint density at radius 1 is 1.37 bits per heavy atom. The second-order valence-corrected chi connectivity index (χ2v) is 8.50. The summed E-state index contributed by atoms with van der Waals surface area (Å²) in [4.78, 5) is 22.2. The molecule has 1 saturated carbocycles. The van der Waals surface area contributed by atoms with Crippen molar-refractivity contribution < 1.29 is 9.84 Å². The van der Waals surface area contributed by atoms with Gasteiger partial charge in [0.15, 0.2) is 0 Å². The maximum Gasteiger partial charge on any atom is 0.267 e. The van der Waals surface area contributed by atoms with E-state index >= 15 is 0 Å². The molecule has 2 aromatic rings. The van der Waals surface area contributed by atoms with E-state index in [0.29, 0.717) is 41.6 Å². The quantitative estimate of drug-likeness (QED) is 0.768. The van der Waals surface area contributed by atoms with E-state index in [4.69, 9.17) is 9.72 Å². The maximum absolute atomic E-state index is 13.1. The predicted octanol–water partition coefficient (Wildman–Crippen LogP) is 2.79. The van der Waals surface area contributed by atoms with Gasteiger partial charge >= 0.3 is 0 Å². The average Bonchev–Trinajstić information content (AvgIpc) is 3.08. The number of rotatable bonds is 3. The Labute approximate surface area is 166 Å². The Balaban J connectivity index is 1.81.